The van der Waals surface area contributed by atoms with Crippen LogP contribution in [-0.2, 0) is 22.0 Å². The van der Waals surface area contributed by atoms with Gasteiger partial charge in [-0.15, -0.1) is 11.3 Å². The minimum atomic E-state index is -3.57. The second-order valence-corrected chi connectivity index (χ2v) is 13.6. The molecule has 1 fully saturated rings. The Kier molecular flexibility index (Phi) is 6.40. The molecule has 3 heterocycles. The molecule has 0 radical (unpaired) electrons. The number of nitrogens with one attached hydrogen (secondary N) is 2. The Labute approximate surface area is 206 Å². The first-order chi connectivity index (χ1) is 15.8. The fourth-order valence-electron chi connectivity index (χ4n) is 5.06. The summed E-state index contributed by atoms with van der Waals surface area (Å²) in [6.45, 7) is 11.6. The zero-order valence-electron chi connectivity index (χ0n) is 20.4. The Morgan fingerprint density at radius 2 is 1.79 bits per heavy atom. The number of fused-ring (bicyclic) bond motifs is 1. The molecule has 0 bridgehead atoms. The summed E-state index contributed by atoms with van der Waals surface area (Å²) >= 11 is 1.42. The van der Waals surface area contributed by atoms with E-state index in [1.165, 1.54) is 39.9 Å². The largest absolute Gasteiger partial charge is 0.312 e. The summed E-state index contributed by atoms with van der Waals surface area (Å²) in [6, 6.07) is 8.33. The van der Waals surface area contributed by atoms with Crippen LogP contribution in [-0.4, -0.2) is 37.3 Å². The van der Waals surface area contributed by atoms with Gasteiger partial charge in [-0.3, -0.25) is 4.79 Å². The molecule has 0 unspecified atom stereocenters. The third-order valence-corrected chi connectivity index (χ3v) is 10.1. The molecule has 7 nitrogen and oxygen atoms in total. The van der Waals surface area contributed by atoms with Crippen molar-refractivity contribution < 1.29 is 13.2 Å². The lowest BCUT2D eigenvalue weighted by molar-refractivity contribution is 0.102. The molecular weight excluding hydrogens is 468 g/mol. The zero-order chi connectivity index (χ0) is 24.9. The van der Waals surface area contributed by atoms with Crippen molar-refractivity contribution in [3.63, 3.8) is 0 Å². The predicted molar refractivity (Wildman–Crippen MR) is 135 cm³/mol. The molecule has 9 heteroatoms. The standard InChI is InChI=1S/C25H32N4O3S2/c1-16-10-12-29(13-11-16)34(31,32)18-8-6-17(7-9-18)22(30)27-23-20(15-26)19-14-24(2,3)28-25(4,5)21(19)33-23/h6-9,16,28H,10-14H2,1-5H3,(H,27,30). The fraction of sp³-hybridized carbons (Fsp3) is 0.520. The number of nitrogens with zero attached hydrogens (tertiary/aromatic N) is 2. The number of benzene rings is 1. The highest BCUT2D eigenvalue weighted by Gasteiger charge is 2.40. The van der Waals surface area contributed by atoms with Gasteiger partial charge < -0.3 is 10.6 Å². The third kappa shape index (κ3) is 4.65. The third-order valence-electron chi connectivity index (χ3n) is 6.68. The van der Waals surface area contributed by atoms with Gasteiger partial charge in [0.15, 0.2) is 0 Å². The van der Waals surface area contributed by atoms with Gasteiger partial charge in [0, 0.05) is 34.6 Å². The van der Waals surface area contributed by atoms with Crippen LogP contribution >= 0.6 is 11.3 Å². The summed E-state index contributed by atoms with van der Waals surface area (Å²) in [6.07, 6.45) is 2.41. The number of sulfonamides is 1. The molecule has 0 aliphatic carbocycles. The number of thiophene rings is 1. The van der Waals surface area contributed by atoms with E-state index in [9.17, 15) is 18.5 Å². The van der Waals surface area contributed by atoms with E-state index in [-0.39, 0.29) is 21.9 Å². The highest BCUT2D eigenvalue weighted by molar-refractivity contribution is 7.89. The highest BCUT2D eigenvalue weighted by Crippen LogP contribution is 2.44. The Morgan fingerprint density at radius 1 is 1.18 bits per heavy atom. The summed E-state index contributed by atoms with van der Waals surface area (Å²) in [7, 11) is -3.57. The van der Waals surface area contributed by atoms with Crippen molar-refractivity contribution in [1.29, 1.82) is 5.26 Å². The van der Waals surface area contributed by atoms with Crippen molar-refractivity contribution in [1.82, 2.24) is 9.62 Å². The van der Waals surface area contributed by atoms with Crippen molar-refractivity contribution in [2.75, 3.05) is 18.4 Å². The summed E-state index contributed by atoms with van der Waals surface area (Å²) < 4.78 is 27.4. The normalized spacial score (nSPS) is 20.4. The minimum absolute atomic E-state index is 0.168. The molecule has 1 aromatic carbocycles. The van der Waals surface area contributed by atoms with Crippen molar-refractivity contribution in [2.24, 2.45) is 5.92 Å². The molecular formula is C25H32N4O3S2. The number of amides is 1. The number of anilines is 1. The van der Waals surface area contributed by atoms with E-state index in [4.69, 9.17) is 0 Å². The van der Waals surface area contributed by atoms with Gasteiger partial charge in [-0.25, -0.2) is 8.42 Å². The number of hydrogen-bond donors (Lipinski definition) is 2. The molecule has 1 saturated heterocycles. The number of hydrogen-bond acceptors (Lipinski definition) is 6. The van der Waals surface area contributed by atoms with Crippen LogP contribution in [0.5, 0.6) is 0 Å². The van der Waals surface area contributed by atoms with Gasteiger partial charge >= 0.3 is 0 Å². The van der Waals surface area contributed by atoms with Crippen LogP contribution in [0.4, 0.5) is 5.00 Å². The van der Waals surface area contributed by atoms with Crippen molar-refractivity contribution >= 4 is 32.3 Å². The lowest BCUT2D eigenvalue weighted by Crippen LogP contribution is -2.54. The zero-order valence-corrected chi connectivity index (χ0v) is 22.0. The van der Waals surface area contributed by atoms with Crippen LogP contribution in [0, 0.1) is 17.2 Å². The lowest BCUT2D eigenvalue weighted by atomic mass is 9.81. The SMILES string of the molecule is CC1CCN(S(=O)(=O)c2ccc(C(=O)Nc3sc4c(c3C#N)CC(C)(C)NC4(C)C)cc2)CC1. The molecule has 0 atom stereocenters. The van der Waals surface area contributed by atoms with Crippen LogP contribution in [0.3, 0.4) is 0 Å². The second-order valence-electron chi connectivity index (χ2n) is 10.6. The first-order valence-electron chi connectivity index (χ1n) is 11.6. The van der Waals surface area contributed by atoms with E-state index in [2.05, 4.69) is 51.3 Å². The van der Waals surface area contributed by atoms with Gasteiger partial charge in [0.25, 0.3) is 5.91 Å². The average molecular weight is 501 g/mol. The van der Waals surface area contributed by atoms with Gasteiger partial charge in [-0.1, -0.05) is 6.92 Å². The molecule has 4 rings (SSSR count). The number of piperidine rings is 1. The van der Waals surface area contributed by atoms with Gasteiger partial charge in [0.1, 0.15) is 11.1 Å². The summed E-state index contributed by atoms with van der Waals surface area (Å²) in [4.78, 5) is 14.2. The van der Waals surface area contributed by atoms with Crippen molar-refractivity contribution in [3.8, 4) is 6.07 Å². The van der Waals surface area contributed by atoms with Gasteiger partial charge in [0.05, 0.1) is 10.5 Å². The van der Waals surface area contributed by atoms with E-state index < -0.39 is 10.0 Å². The van der Waals surface area contributed by atoms with Crippen molar-refractivity contribution in [3.05, 3.63) is 45.8 Å². The molecule has 2 aliphatic rings. The van der Waals surface area contributed by atoms with Gasteiger partial charge in [-0.2, -0.15) is 9.57 Å². The van der Waals surface area contributed by atoms with Crippen LogP contribution < -0.4 is 10.6 Å². The Hall–Kier alpha value is -2.25. The lowest BCUT2D eigenvalue weighted by Gasteiger charge is -2.42. The van der Waals surface area contributed by atoms with Crippen LogP contribution in [0.25, 0.3) is 0 Å². The Morgan fingerprint density at radius 3 is 2.38 bits per heavy atom. The van der Waals surface area contributed by atoms with E-state index in [0.29, 0.717) is 41.6 Å². The number of rotatable bonds is 4. The van der Waals surface area contributed by atoms with Crippen LogP contribution in [0.2, 0.25) is 0 Å². The molecule has 34 heavy (non-hydrogen) atoms. The van der Waals surface area contributed by atoms with Crippen LogP contribution in [0.1, 0.15) is 73.8 Å². The number of nitriles is 1. The molecule has 2 aliphatic heterocycles. The van der Waals surface area contributed by atoms with E-state index >= 15 is 0 Å². The molecule has 182 valence electrons. The summed E-state index contributed by atoms with van der Waals surface area (Å²) in [5.74, 6) is 0.169. The first kappa shape index (κ1) is 24.9. The first-order valence-corrected chi connectivity index (χ1v) is 13.9. The number of carbonyl (C=O) groups is 1. The van der Waals surface area contributed by atoms with Gasteiger partial charge in [0.2, 0.25) is 10.0 Å². The monoisotopic (exact) mass is 500 g/mol. The van der Waals surface area contributed by atoms with Crippen LogP contribution in [0.15, 0.2) is 29.2 Å². The quantitative estimate of drug-likeness (QED) is 0.646. The minimum Gasteiger partial charge on any atom is -0.312 e. The maximum absolute atomic E-state index is 13.0. The Bertz CT molecular complexity index is 1250. The molecule has 1 amide bonds. The fourth-order valence-corrected chi connectivity index (χ4v) is 7.75. The smallest absolute Gasteiger partial charge is 0.256 e. The molecule has 0 saturated carbocycles. The van der Waals surface area contributed by atoms with Crippen molar-refractivity contribution in [2.45, 2.75) is 69.9 Å². The molecule has 2 N–H and O–H groups in total. The summed E-state index contributed by atoms with van der Waals surface area (Å²) in [5, 5.41) is 16.9. The number of carbonyl (C=O) groups excluding carboxylic acids is 1. The molecule has 0 spiro atoms. The highest BCUT2D eigenvalue weighted by atomic mass is 32.2. The maximum atomic E-state index is 13.0. The topological polar surface area (TPSA) is 102 Å². The predicted octanol–water partition coefficient (Wildman–Crippen LogP) is 4.45. The second kappa shape index (κ2) is 8.76. The molecule has 2 aromatic rings. The van der Waals surface area contributed by atoms with Gasteiger partial charge in [-0.05, 0) is 82.7 Å². The maximum Gasteiger partial charge on any atom is 0.256 e. The Balaban J connectivity index is 1.55. The van der Waals surface area contributed by atoms with E-state index in [1.807, 2.05) is 0 Å². The average Bonchev–Trinajstić information content (AvgIpc) is 3.10. The summed E-state index contributed by atoms with van der Waals surface area (Å²) in [5.41, 5.74) is 1.35. The van der Waals surface area contributed by atoms with E-state index in [0.717, 1.165) is 23.3 Å². The van der Waals surface area contributed by atoms with E-state index in [1.54, 1.807) is 0 Å². The molecule has 1 aromatic heterocycles.